The van der Waals surface area contributed by atoms with E-state index in [1.54, 1.807) is 36.4 Å². The zero-order valence-corrected chi connectivity index (χ0v) is 44.7. The Bertz CT molecular complexity index is 4410. The number of halogens is 4. The first kappa shape index (κ1) is 52.0. The molecule has 1 atom stereocenters. The van der Waals surface area contributed by atoms with E-state index in [1.807, 2.05) is 85.0 Å². The van der Waals surface area contributed by atoms with Gasteiger partial charge < -0.3 is 31.4 Å². The molecule has 0 radical (unpaired) electrons. The van der Waals surface area contributed by atoms with E-state index in [4.69, 9.17) is 31.4 Å². The van der Waals surface area contributed by atoms with Crippen molar-refractivity contribution in [1.82, 2.24) is 39.9 Å². The predicted molar refractivity (Wildman–Crippen MR) is 313 cm³/mol. The fourth-order valence-corrected chi connectivity index (χ4v) is 12.3. The summed E-state index contributed by atoms with van der Waals surface area (Å²) in [4.78, 5) is 58.9. The third-order valence-electron chi connectivity index (χ3n) is 16.1. The minimum Gasteiger partial charge on any atom is -0.365 e. The number of H-pyrrole nitrogens is 4. The summed E-state index contributed by atoms with van der Waals surface area (Å²) in [5, 5.41) is 0. The third kappa shape index (κ3) is 9.81. The summed E-state index contributed by atoms with van der Waals surface area (Å²) < 4.78 is 60.9. The Hall–Kier alpha value is -9.44. The van der Waals surface area contributed by atoms with Crippen molar-refractivity contribution < 1.29 is 27.2 Å². The van der Waals surface area contributed by atoms with Gasteiger partial charge in [-0.2, -0.15) is 0 Å². The van der Waals surface area contributed by atoms with Crippen LogP contribution in [0.2, 0.25) is 0 Å². The van der Waals surface area contributed by atoms with E-state index in [-0.39, 0.29) is 28.6 Å². The maximum absolute atomic E-state index is 15.3. The number of hydrogen-bond donors (Lipinski definition) is 6. The molecule has 10 heterocycles. The maximum Gasteiger partial charge on any atom is 0.252 e. The maximum atomic E-state index is 15.3. The number of aryl methyl sites for hydroxylation is 8. The van der Waals surface area contributed by atoms with Crippen molar-refractivity contribution in [3.63, 3.8) is 0 Å². The van der Waals surface area contributed by atoms with Gasteiger partial charge in [0.05, 0.1) is 56.3 Å². The molecule has 82 heavy (non-hydrogen) atoms. The Morgan fingerprint density at radius 1 is 0.476 bits per heavy atom. The molecule has 2 amide bonds. The van der Waals surface area contributed by atoms with Crippen molar-refractivity contribution in [3.05, 3.63) is 218 Å². The van der Waals surface area contributed by atoms with Gasteiger partial charge in [0.15, 0.2) is 0 Å². The van der Waals surface area contributed by atoms with E-state index < -0.39 is 18.0 Å². The number of carbonyl (C=O) groups excluding carboxylic acids is 2. The van der Waals surface area contributed by atoms with Crippen LogP contribution in [0.4, 0.5) is 17.6 Å². The molecule has 16 heteroatoms. The van der Waals surface area contributed by atoms with Gasteiger partial charge in [-0.05, 0) is 137 Å². The fraction of sp³-hybridized carbons (Fsp3) is 0.212. The zero-order valence-electron chi connectivity index (χ0n) is 44.7. The van der Waals surface area contributed by atoms with Crippen LogP contribution in [-0.4, -0.2) is 57.9 Å². The molecule has 0 unspecified atom stereocenters. The highest BCUT2D eigenvalue weighted by Gasteiger charge is 2.28. The van der Waals surface area contributed by atoms with Crippen LogP contribution in [0.25, 0.3) is 72.0 Å². The number of allylic oxidation sites excluding steroid dienone is 12. The third-order valence-corrected chi connectivity index (χ3v) is 16.1. The molecule has 7 aromatic rings. The van der Waals surface area contributed by atoms with Gasteiger partial charge in [0.25, 0.3) is 11.8 Å². The molecule has 7 aliphatic rings. The SMILES string of the molecule is NC(=O)c1c2nc(c(-c3ccccc3F)c3ccc(cc4nc(c(C5=C(F)CCC=C5)c5ccc1[nH]5)CC4)[nH]3)CC2.NC(=O)c1c2nc(c(C3=CC=CC[C@H]3F)c3ccc(cc4nc(c(C5=C(F)CCC=C5)c5ccc1[nH]5)CC4)[nH]3)CC2. The number of primary amides is 2. The second-order valence-corrected chi connectivity index (χ2v) is 21.4. The van der Waals surface area contributed by atoms with Gasteiger partial charge in [-0.3, -0.25) is 29.5 Å². The van der Waals surface area contributed by atoms with Crippen LogP contribution in [0.5, 0.6) is 0 Å². The van der Waals surface area contributed by atoms with Crippen molar-refractivity contribution in [2.75, 3.05) is 0 Å². The molecule has 16 bridgehead atoms. The van der Waals surface area contributed by atoms with E-state index in [2.05, 4.69) is 19.9 Å². The standard InChI is InChI=1S/C33H29F2N5O.C33H27F2N5O/c2*34-22-7-3-1-5-20(22)30-24-11-9-18(37-24)17-19-10-12-25(38-19)31(21-6-2-4-8-23(21)35)27-14-16-29(40-27)32(33(36)41)28-15-13-26(30)39-28/h1-3,5-6,9,11,14,16-17,22,37,40H,4,7-8,10,12-13,15H2,(H2,36,41);1-3,5-7,9,11,14,16-17,37,40H,4,8,10,12-13,15H2,(H2,36,41)/t22-;/m1./s1. The Balaban J connectivity index is 0.000000154. The Morgan fingerprint density at radius 2 is 0.927 bits per heavy atom. The molecule has 0 spiro atoms. The molecule has 12 nitrogen and oxygen atoms in total. The Morgan fingerprint density at radius 3 is 1.44 bits per heavy atom. The predicted octanol–water partition coefficient (Wildman–Crippen LogP) is 13.5. The van der Waals surface area contributed by atoms with Crippen LogP contribution >= 0.6 is 0 Å². The molecule has 3 aliphatic carbocycles. The highest BCUT2D eigenvalue weighted by Crippen LogP contribution is 2.39. The molecular weight excluding hydrogens is 1040 g/mol. The van der Waals surface area contributed by atoms with Gasteiger partial charge >= 0.3 is 0 Å². The summed E-state index contributed by atoms with van der Waals surface area (Å²) in [5.41, 5.74) is 28.3. The van der Waals surface area contributed by atoms with Crippen LogP contribution in [-0.2, 0) is 51.4 Å². The topological polar surface area (TPSA) is 201 Å². The number of hydrogen-bond acceptors (Lipinski definition) is 6. The van der Waals surface area contributed by atoms with Crippen LogP contribution in [0.15, 0.2) is 139 Å². The average molecular weight is 1100 g/mol. The summed E-state index contributed by atoms with van der Waals surface area (Å²) >= 11 is 0. The number of nitrogens with two attached hydrogens (primary N) is 2. The molecule has 1 aromatic carbocycles. The molecule has 14 rings (SSSR count). The highest BCUT2D eigenvalue weighted by atomic mass is 19.1. The number of rotatable bonds is 6. The van der Waals surface area contributed by atoms with Crippen molar-refractivity contribution >= 4 is 72.7 Å². The zero-order chi connectivity index (χ0) is 56.2. The van der Waals surface area contributed by atoms with E-state index in [9.17, 15) is 9.59 Å². The number of fused-ring (bicyclic) bond motifs is 16. The Labute approximate surface area is 468 Å². The van der Waals surface area contributed by atoms with Gasteiger partial charge in [0.2, 0.25) is 0 Å². The van der Waals surface area contributed by atoms with Crippen LogP contribution in [0.1, 0.15) is 115 Å². The van der Waals surface area contributed by atoms with Crippen LogP contribution < -0.4 is 11.5 Å². The van der Waals surface area contributed by atoms with Crippen LogP contribution in [0, 0.1) is 5.82 Å². The first-order chi connectivity index (χ1) is 39.9. The molecule has 0 fully saturated rings. The highest BCUT2D eigenvalue weighted by molar-refractivity contribution is 6.03. The molecule has 0 saturated heterocycles. The fourth-order valence-electron chi connectivity index (χ4n) is 12.3. The van der Waals surface area contributed by atoms with E-state index in [1.165, 1.54) is 6.07 Å². The van der Waals surface area contributed by atoms with Gasteiger partial charge in [-0.1, -0.05) is 60.7 Å². The smallest absolute Gasteiger partial charge is 0.252 e. The summed E-state index contributed by atoms with van der Waals surface area (Å²) in [6, 6.07) is 25.6. The second kappa shape index (κ2) is 21.6. The van der Waals surface area contributed by atoms with E-state index in [0.29, 0.717) is 178 Å². The minimum absolute atomic E-state index is 0.179. The van der Waals surface area contributed by atoms with Gasteiger partial charge in [-0.15, -0.1) is 0 Å². The quantitative estimate of drug-likeness (QED) is 0.0895. The molecule has 410 valence electrons. The summed E-state index contributed by atoms with van der Waals surface area (Å²) in [7, 11) is 0. The summed E-state index contributed by atoms with van der Waals surface area (Å²) in [5.74, 6) is -1.96. The van der Waals surface area contributed by atoms with Crippen LogP contribution in [0.3, 0.4) is 0 Å². The number of carbonyl (C=O) groups is 2. The number of benzene rings is 1. The molecule has 4 aliphatic heterocycles. The van der Waals surface area contributed by atoms with Crippen molar-refractivity contribution in [1.29, 1.82) is 0 Å². The monoisotopic (exact) mass is 1100 g/mol. The lowest BCUT2D eigenvalue weighted by atomic mass is 9.93. The summed E-state index contributed by atoms with van der Waals surface area (Å²) in [6.45, 7) is 0. The van der Waals surface area contributed by atoms with E-state index >= 15 is 17.6 Å². The summed E-state index contributed by atoms with van der Waals surface area (Å²) in [6.07, 6.45) is 18.8. The van der Waals surface area contributed by atoms with Crippen molar-refractivity contribution in [2.24, 2.45) is 11.5 Å². The van der Waals surface area contributed by atoms with Crippen molar-refractivity contribution in [3.8, 4) is 11.1 Å². The number of aromatic nitrogens is 8. The number of nitrogens with one attached hydrogen (secondary N) is 4. The van der Waals surface area contributed by atoms with Gasteiger partial charge in [0.1, 0.15) is 23.6 Å². The lowest BCUT2D eigenvalue weighted by Crippen LogP contribution is -2.14. The second-order valence-electron chi connectivity index (χ2n) is 21.4. The number of alkyl halides is 1. The van der Waals surface area contributed by atoms with Gasteiger partial charge in [0, 0.05) is 103 Å². The van der Waals surface area contributed by atoms with E-state index in [0.717, 1.165) is 39.3 Å². The lowest BCUT2D eigenvalue weighted by Gasteiger charge is -2.15. The largest absolute Gasteiger partial charge is 0.365 e. The minimum atomic E-state index is -1.16. The Kier molecular flexibility index (Phi) is 13.7. The normalized spacial score (nSPS) is 16.8. The molecular formula is C66H56F4N10O2. The van der Waals surface area contributed by atoms with Crippen molar-refractivity contribution in [2.45, 2.75) is 89.6 Å². The average Bonchev–Trinajstić information content (AvgIpc) is 4.35. The number of nitrogens with zero attached hydrogens (tertiary/aromatic N) is 4. The first-order valence-electron chi connectivity index (χ1n) is 27.8. The molecule has 8 N–H and O–H groups in total. The number of amides is 2. The van der Waals surface area contributed by atoms with Gasteiger partial charge in [-0.25, -0.2) is 17.6 Å². The lowest BCUT2D eigenvalue weighted by molar-refractivity contribution is 0.0992. The molecule has 0 saturated carbocycles. The number of aromatic amines is 4. The molecule has 6 aromatic heterocycles. The first-order valence-corrected chi connectivity index (χ1v) is 27.8.